The number of rotatable bonds is 31. The lowest BCUT2D eigenvalue weighted by atomic mass is 10.0. The predicted molar refractivity (Wildman–Crippen MR) is 171 cm³/mol. The van der Waals surface area contributed by atoms with Crippen LogP contribution in [-0.2, 0) is 28.6 Å². The van der Waals surface area contributed by atoms with E-state index in [0.29, 0.717) is 19.3 Å². The van der Waals surface area contributed by atoms with Gasteiger partial charge in [-0.15, -0.1) is 0 Å². The molecular formula is C35H67NO7. The molecule has 0 N–H and O–H groups in total. The van der Waals surface area contributed by atoms with Gasteiger partial charge in [-0.1, -0.05) is 123 Å². The lowest BCUT2D eigenvalue weighted by Crippen LogP contribution is -2.55. The van der Waals surface area contributed by atoms with Gasteiger partial charge in [-0.2, -0.15) is 0 Å². The molecule has 0 aromatic rings. The highest BCUT2D eigenvalue weighted by molar-refractivity contribution is 5.70. The fraction of sp³-hybridized carbons (Fsp3) is 0.914. The maximum absolute atomic E-state index is 12.5. The van der Waals surface area contributed by atoms with Crippen LogP contribution in [-0.4, -0.2) is 75.5 Å². The topological polar surface area (TPSA) is 102 Å². The van der Waals surface area contributed by atoms with E-state index in [1.54, 1.807) is 21.1 Å². The van der Waals surface area contributed by atoms with Crippen LogP contribution in [0.2, 0.25) is 0 Å². The number of carbonyl (C=O) groups excluding carboxylic acids is 3. The summed E-state index contributed by atoms with van der Waals surface area (Å²) in [6, 6.07) is -0.715. The molecule has 0 aliphatic heterocycles. The maximum atomic E-state index is 12.5. The second-order valence-electron chi connectivity index (χ2n) is 13.1. The normalized spacial score (nSPS) is 13.0. The Morgan fingerprint density at radius 3 is 1.49 bits per heavy atom. The number of ether oxygens (including phenoxy) is 3. The summed E-state index contributed by atoms with van der Waals surface area (Å²) < 4.78 is 16.7. The van der Waals surface area contributed by atoms with Crippen molar-refractivity contribution in [1.29, 1.82) is 0 Å². The van der Waals surface area contributed by atoms with Gasteiger partial charge in [-0.3, -0.25) is 9.59 Å². The summed E-state index contributed by atoms with van der Waals surface area (Å²) in [4.78, 5) is 35.7. The van der Waals surface area contributed by atoms with E-state index in [2.05, 4.69) is 6.92 Å². The summed E-state index contributed by atoms with van der Waals surface area (Å²) in [6.45, 7) is 4.31. The zero-order valence-electron chi connectivity index (χ0n) is 28.6. The highest BCUT2D eigenvalue weighted by Gasteiger charge is 2.25. The van der Waals surface area contributed by atoms with Crippen LogP contribution >= 0.6 is 0 Å². The molecular weight excluding hydrogens is 546 g/mol. The van der Waals surface area contributed by atoms with E-state index in [0.717, 1.165) is 19.3 Å². The fourth-order valence-electron chi connectivity index (χ4n) is 5.23. The lowest BCUT2D eigenvalue weighted by Gasteiger charge is -2.34. The van der Waals surface area contributed by atoms with Crippen molar-refractivity contribution in [2.75, 3.05) is 41.0 Å². The summed E-state index contributed by atoms with van der Waals surface area (Å²) >= 11 is 0. The molecule has 0 saturated heterocycles. The number of nitrogens with zero attached hydrogens (tertiary/aromatic N) is 1. The molecule has 8 nitrogen and oxygen atoms in total. The summed E-state index contributed by atoms with van der Waals surface area (Å²) in [5.74, 6) is -1.79. The molecule has 0 aromatic heterocycles. The van der Waals surface area contributed by atoms with E-state index >= 15 is 0 Å². The number of aliphatic carboxylic acids is 1. The number of carboxylic acids is 1. The third-order valence-electron chi connectivity index (χ3n) is 7.96. The molecule has 0 amide bonds. The van der Waals surface area contributed by atoms with Crippen molar-refractivity contribution >= 4 is 17.9 Å². The minimum Gasteiger partial charge on any atom is -0.544 e. The van der Waals surface area contributed by atoms with Crippen LogP contribution in [0.3, 0.4) is 0 Å². The molecule has 0 bridgehead atoms. The van der Waals surface area contributed by atoms with Crippen molar-refractivity contribution in [3.8, 4) is 0 Å². The van der Waals surface area contributed by atoms with Crippen LogP contribution in [0.1, 0.15) is 155 Å². The van der Waals surface area contributed by atoms with E-state index in [4.69, 9.17) is 14.2 Å². The van der Waals surface area contributed by atoms with Crippen LogP contribution in [0.15, 0.2) is 0 Å². The number of likely N-dealkylation sites (N-methyl/N-ethyl adjacent to an activating group) is 1. The third kappa shape index (κ3) is 26.5. The van der Waals surface area contributed by atoms with E-state index in [1.807, 2.05) is 6.92 Å². The van der Waals surface area contributed by atoms with Crippen molar-refractivity contribution in [3.05, 3.63) is 0 Å². The molecule has 0 spiro atoms. The number of carbonyl (C=O) groups is 3. The Hall–Kier alpha value is -1.67. The van der Waals surface area contributed by atoms with E-state index in [9.17, 15) is 19.5 Å². The maximum Gasteiger partial charge on any atom is 0.306 e. The van der Waals surface area contributed by atoms with E-state index < -0.39 is 18.1 Å². The monoisotopic (exact) mass is 613 g/mol. The second-order valence-corrected chi connectivity index (χ2v) is 13.1. The Balaban J connectivity index is 4.00. The number of esters is 2. The summed E-state index contributed by atoms with van der Waals surface area (Å²) in [5, 5.41) is 11.5. The van der Waals surface area contributed by atoms with Gasteiger partial charge in [0.25, 0.3) is 0 Å². The predicted octanol–water partition coefficient (Wildman–Crippen LogP) is 6.90. The molecule has 2 atom stereocenters. The third-order valence-corrected chi connectivity index (χ3v) is 7.96. The lowest BCUT2D eigenvalue weighted by molar-refractivity contribution is -0.889. The van der Waals surface area contributed by atoms with Gasteiger partial charge in [-0.05, 0) is 12.8 Å². The minimum atomic E-state index is -1.13. The first-order chi connectivity index (χ1) is 20.6. The molecule has 0 saturated carbocycles. The Kier molecular flexibility index (Phi) is 26.8. The number of carboxylic acid groups (broad SMARTS) is 1. The molecule has 254 valence electrons. The number of unbranched alkanes of at least 4 members (excludes halogenated alkanes) is 17. The number of quaternary nitrogens is 1. The minimum absolute atomic E-state index is 0.0428. The Labute approximate surface area is 264 Å². The van der Waals surface area contributed by atoms with E-state index in [-0.39, 0.29) is 42.7 Å². The van der Waals surface area contributed by atoms with Crippen LogP contribution in [0.25, 0.3) is 0 Å². The number of hydrogen-bond donors (Lipinski definition) is 0. The second kappa shape index (κ2) is 27.8. The van der Waals surface area contributed by atoms with Gasteiger partial charge in [0.05, 0.1) is 40.3 Å². The number of hydrogen-bond acceptors (Lipinski definition) is 7. The first-order valence-electron chi connectivity index (χ1n) is 17.6. The zero-order valence-corrected chi connectivity index (χ0v) is 28.6. The Morgan fingerprint density at radius 1 is 0.605 bits per heavy atom. The van der Waals surface area contributed by atoms with Crippen LogP contribution < -0.4 is 5.11 Å². The Bertz CT molecular complexity index is 692. The van der Waals surface area contributed by atoms with Gasteiger partial charge in [0.1, 0.15) is 12.6 Å². The first kappa shape index (κ1) is 41.3. The summed E-state index contributed by atoms with van der Waals surface area (Å²) in [5.41, 5.74) is 0. The van der Waals surface area contributed by atoms with Crippen molar-refractivity contribution in [2.45, 2.75) is 167 Å². The molecule has 0 heterocycles. The quantitative estimate of drug-likeness (QED) is 0.0476. The molecule has 0 aliphatic rings. The fourth-order valence-corrected chi connectivity index (χ4v) is 5.23. The Morgan fingerprint density at radius 2 is 1.07 bits per heavy atom. The molecule has 0 aliphatic carbocycles. The zero-order chi connectivity index (χ0) is 32.2. The first-order valence-corrected chi connectivity index (χ1v) is 17.6. The standard InChI is InChI=1S/C35H67NO7/c1-6-8-9-10-11-12-13-14-15-16-17-18-19-20-21-22-23-24-26-34(38)43-31(30-42-33(37)25-7-2)29-41-28-27-32(35(39)40)36(3,4)5/h31-32H,6-30H2,1-5H3. The molecule has 8 heteroatoms. The average molecular weight is 614 g/mol. The molecule has 0 aromatic carbocycles. The van der Waals surface area contributed by atoms with E-state index in [1.165, 1.54) is 96.3 Å². The van der Waals surface area contributed by atoms with Gasteiger partial charge in [0.2, 0.25) is 0 Å². The van der Waals surface area contributed by atoms with Gasteiger partial charge >= 0.3 is 11.9 Å². The smallest absolute Gasteiger partial charge is 0.306 e. The van der Waals surface area contributed by atoms with Gasteiger partial charge in [-0.25, -0.2) is 0 Å². The van der Waals surface area contributed by atoms with Gasteiger partial charge < -0.3 is 28.6 Å². The van der Waals surface area contributed by atoms with Crippen LogP contribution in [0.5, 0.6) is 0 Å². The van der Waals surface area contributed by atoms with Crippen LogP contribution in [0, 0.1) is 0 Å². The van der Waals surface area contributed by atoms with Gasteiger partial charge in [0, 0.05) is 19.3 Å². The van der Waals surface area contributed by atoms with Crippen molar-refractivity contribution in [1.82, 2.24) is 0 Å². The SMILES string of the molecule is CCCCCCCCCCCCCCCCCCCCC(=O)OC(COCCC(C(=O)[O-])[N+](C)(C)C)COC(=O)CCC. The molecule has 2 unspecified atom stereocenters. The van der Waals surface area contributed by atoms with Crippen molar-refractivity contribution < 1.29 is 38.2 Å². The molecule has 0 fully saturated rings. The van der Waals surface area contributed by atoms with Gasteiger partial charge in [0.15, 0.2) is 6.10 Å². The molecule has 0 rings (SSSR count). The molecule has 0 radical (unpaired) electrons. The molecule has 43 heavy (non-hydrogen) atoms. The van der Waals surface area contributed by atoms with Crippen molar-refractivity contribution in [2.24, 2.45) is 0 Å². The largest absolute Gasteiger partial charge is 0.544 e. The highest BCUT2D eigenvalue weighted by atomic mass is 16.6. The summed E-state index contributed by atoms with van der Waals surface area (Å²) in [6.07, 6.45) is 24.2. The average Bonchev–Trinajstić information content (AvgIpc) is 2.94. The van der Waals surface area contributed by atoms with Crippen LogP contribution in [0.4, 0.5) is 0 Å². The van der Waals surface area contributed by atoms with Crippen molar-refractivity contribution in [3.63, 3.8) is 0 Å². The summed E-state index contributed by atoms with van der Waals surface area (Å²) in [7, 11) is 5.37. The highest BCUT2D eigenvalue weighted by Crippen LogP contribution is 2.15.